The van der Waals surface area contributed by atoms with Gasteiger partial charge in [-0.1, -0.05) is 31.2 Å². The molecule has 0 bridgehead atoms. The molecule has 4 rings (SSSR count). The van der Waals surface area contributed by atoms with Crippen LogP contribution in [0.15, 0.2) is 24.3 Å². The van der Waals surface area contributed by atoms with Crippen molar-refractivity contribution in [1.29, 1.82) is 0 Å². The zero-order valence-corrected chi connectivity index (χ0v) is 12.7. The third kappa shape index (κ3) is 1.94. The summed E-state index contributed by atoms with van der Waals surface area (Å²) in [5, 5.41) is 0. The van der Waals surface area contributed by atoms with E-state index in [-0.39, 0.29) is 17.4 Å². The normalized spacial score (nSPS) is 34.0. The van der Waals surface area contributed by atoms with Crippen molar-refractivity contribution in [2.45, 2.75) is 44.1 Å². The van der Waals surface area contributed by atoms with Crippen LogP contribution >= 0.6 is 0 Å². The van der Waals surface area contributed by atoms with E-state index >= 15 is 0 Å². The first-order valence-electron chi connectivity index (χ1n) is 8.23. The van der Waals surface area contributed by atoms with Crippen molar-refractivity contribution in [2.24, 2.45) is 5.92 Å². The first kappa shape index (κ1) is 13.3. The molecule has 1 amide bonds. The molecular formula is C18H23NO2. The van der Waals surface area contributed by atoms with Crippen molar-refractivity contribution >= 4 is 5.91 Å². The molecule has 3 heteroatoms. The zero-order chi connectivity index (χ0) is 14.4. The molecule has 112 valence electrons. The number of fused-ring (bicyclic) bond motifs is 2. The Morgan fingerprint density at radius 1 is 1.43 bits per heavy atom. The Hall–Kier alpha value is -1.35. The summed E-state index contributed by atoms with van der Waals surface area (Å²) < 4.78 is 5.53. The van der Waals surface area contributed by atoms with Gasteiger partial charge in [-0.05, 0) is 36.8 Å². The van der Waals surface area contributed by atoms with Crippen molar-refractivity contribution in [2.75, 3.05) is 19.8 Å². The van der Waals surface area contributed by atoms with E-state index < -0.39 is 0 Å². The molecule has 2 aliphatic carbocycles. The molecule has 0 aromatic heterocycles. The van der Waals surface area contributed by atoms with Crippen molar-refractivity contribution < 1.29 is 9.53 Å². The number of carbonyl (C=O) groups is 1. The first-order chi connectivity index (χ1) is 10.3. The highest BCUT2D eigenvalue weighted by molar-refractivity contribution is 5.85. The second kappa shape index (κ2) is 4.84. The van der Waals surface area contributed by atoms with E-state index in [9.17, 15) is 4.79 Å². The molecule has 1 saturated carbocycles. The highest BCUT2D eigenvalue weighted by atomic mass is 16.5. The average Bonchev–Trinajstić information content (AvgIpc) is 3.16. The van der Waals surface area contributed by atoms with Crippen LogP contribution in [0.3, 0.4) is 0 Å². The Labute approximate surface area is 126 Å². The fourth-order valence-electron chi connectivity index (χ4n) is 4.40. The maximum Gasteiger partial charge on any atom is 0.227 e. The molecule has 1 heterocycles. The van der Waals surface area contributed by atoms with Gasteiger partial charge < -0.3 is 9.64 Å². The lowest BCUT2D eigenvalue weighted by Crippen LogP contribution is -2.49. The Morgan fingerprint density at radius 3 is 3.14 bits per heavy atom. The molecule has 1 spiro atoms. The highest BCUT2D eigenvalue weighted by Gasteiger charge is 2.62. The Bertz CT molecular complexity index is 570. The smallest absolute Gasteiger partial charge is 0.227 e. The first-order valence-corrected chi connectivity index (χ1v) is 8.23. The third-order valence-electron chi connectivity index (χ3n) is 5.75. The van der Waals surface area contributed by atoms with Gasteiger partial charge in [0.1, 0.15) is 0 Å². The largest absolute Gasteiger partial charge is 0.377 e. The third-order valence-corrected chi connectivity index (χ3v) is 5.75. The van der Waals surface area contributed by atoms with E-state index in [1.165, 1.54) is 11.1 Å². The summed E-state index contributed by atoms with van der Waals surface area (Å²) in [6.07, 6.45) is 4.34. The fraction of sp³-hybridized carbons (Fsp3) is 0.611. The van der Waals surface area contributed by atoms with Gasteiger partial charge in [-0.2, -0.15) is 0 Å². The van der Waals surface area contributed by atoms with Crippen molar-refractivity contribution in [3.63, 3.8) is 0 Å². The quantitative estimate of drug-likeness (QED) is 0.835. The summed E-state index contributed by atoms with van der Waals surface area (Å²) >= 11 is 0. The SMILES string of the molecule is CCC1COCCN1C(=O)C1CC12CCc1ccccc12. The second-order valence-corrected chi connectivity index (χ2v) is 6.74. The molecule has 1 aromatic rings. The Kier molecular flexibility index (Phi) is 3.07. The number of morpholine rings is 1. The predicted molar refractivity (Wildman–Crippen MR) is 81.2 cm³/mol. The molecule has 3 atom stereocenters. The van der Waals surface area contributed by atoms with E-state index in [4.69, 9.17) is 4.74 Å². The van der Waals surface area contributed by atoms with E-state index in [0.717, 1.165) is 32.2 Å². The number of rotatable bonds is 2. The summed E-state index contributed by atoms with van der Waals surface area (Å²) in [5.74, 6) is 0.593. The van der Waals surface area contributed by atoms with Crippen LogP contribution in [-0.4, -0.2) is 36.6 Å². The summed E-state index contributed by atoms with van der Waals surface area (Å²) in [5.41, 5.74) is 3.08. The molecule has 2 fully saturated rings. The molecular weight excluding hydrogens is 262 g/mol. The van der Waals surface area contributed by atoms with Gasteiger partial charge in [-0.25, -0.2) is 0 Å². The maximum absolute atomic E-state index is 13.0. The van der Waals surface area contributed by atoms with Crippen LogP contribution in [0.1, 0.15) is 37.3 Å². The minimum atomic E-state index is 0.171. The fourth-order valence-corrected chi connectivity index (χ4v) is 4.40. The topological polar surface area (TPSA) is 29.5 Å². The average molecular weight is 285 g/mol. The number of aryl methyl sites for hydroxylation is 1. The van der Waals surface area contributed by atoms with E-state index in [1.54, 1.807) is 0 Å². The summed E-state index contributed by atoms with van der Waals surface area (Å²) in [7, 11) is 0. The zero-order valence-electron chi connectivity index (χ0n) is 12.7. The molecule has 1 aliphatic heterocycles. The van der Waals surface area contributed by atoms with Gasteiger partial charge in [0.2, 0.25) is 5.91 Å². The van der Waals surface area contributed by atoms with Crippen LogP contribution in [0, 0.1) is 5.92 Å². The molecule has 3 unspecified atom stereocenters. The Balaban J connectivity index is 1.56. The van der Waals surface area contributed by atoms with Gasteiger partial charge in [0.05, 0.1) is 19.3 Å². The Morgan fingerprint density at radius 2 is 2.29 bits per heavy atom. The standard InChI is InChI=1S/C18H23NO2/c1-2-14-12-21-10-9-19(14)17(20)16-11-18(16)8-7-13-5-3-4-6-15(13)18/h3-6,14,16H,2,7-12H2,1H3. The second-order valence-electron chi connectivity index (χ2n) is 6.74. The van der Waals surface area contributed by atoms with E-state index in [2.05, 4.69) is 36.1 Å². The van der Waals surface area contributed by atoms with Gasteiger partial charge in [-0.15, -0.1) is 0 Å². The number of amides is 1. The predicted octanol–water partition coefficient (Wildman–Crippen LogP) is 2.53. The minimum Gasteiger partial charge on any atom is -0.377 e. The van der Waals surface area contributed by atoms with Crippen LogP contribution in [0.5, 0.6) is 0 Å². The molecule has 0 radical (unpaired) electrons. The number of benzene rings is 1. The summed E-state index contributed by atoms with van der Waals surface area (Å²) in [6, 6.07) is 8.99. The molecule has 0 N–H and O–H groups in total. The van der Waals surface area contributed by atoms with Crippen LogP contribution in [0.25, 0.3) is 0 Å². The summed E-state index contributed by atoms with van der Waals surface area (Å²) in [4.78, 5) is 15.1. The number of nitrogens with zero attached hydrogens (tertiary/aromatic N) is 1. The lowest BCUT2D eigenvalue weighted by molar-refractivity contribution is -0.141. The van der Waals surface area contributed by atoms with Crippen molar-refractivity contribution in [3.05, 3.63) is 35.4 Å². The van der Waals surface area contributed by atoms with Gasteiger partial charge >= 0.3 is 0 Å². The monoisotopic (exact) mass is 285 g/mol. The molecule has 21 heavy (non-hydrogen) atoms. The van der Waals surface area contributed by atoms with Gasteiger partial charge in [0, 0.05) is 17.9 Å². The van der Waals surface area contributed by atoms with Gasteiger partial charge in [-0.3, -0.25) is 4.79 Å². The number of hydrogen-bond donors (Lipinski definition) is 0. The molecule has 3 aliphatic rings. The number of hydrogen-bond acceptors (Lipinski definition) is 2. The van der Waals surface area contributed by atoms with Crippen molar-refractivity contribution in [1.82, 2.24) is 4.90 Å². The van der Waals surface area contributed by atoms with Crippen LogP contribution in [0.4, 0.5) is 0 Å². The van der Waals surface area contributed by atoms with Gasteiger partial charge in [0.25, 0.3) is 0 Å². The molecule has 3 nitrogen and oxygen atoms in total. The summed E-state index contributed by atoms with van der Waals surface area (Å²) in [6.45, 7) is 4.32. The molecule has 1 aromatic carbocycles. The van der Waals surface area contributed by atoms with Crippen molar-refractivity contribution in [3.8, 4) is 0 Å². The lowest BCUT2D eigenvalue weighted by atomic mass is 9.94. The minimum absolute atomic E-state index is 0.171. The lowest BCUT2D eigenvalue weighted by Gasteiger charge is -2.35. The van der Waals surface area contributed by atoms with E-state index in [0.29, 0.717) is 19.1 Å². The maximum atomic E-state index is 13.0. The highest BCUT2D eigenvalue weighted by Crippen LogP contribution is 2.62. The number of carbonyl (C=O) groups excluding carboxylic acids is 1. The van der Waals surface area contributed by atoms with E-state index in [1.807, 2.05) is 0 Å². The number of ether oxygens (including phenoxy) is 1. The van der Waals surface area contributed by atoms with Gasteiger partial charge in [0.15, 0.2) is 0 Å². The molecule has 1 saturated heterocycles. The van der Waals surface area contributed by atoms with Crippen LogP contribution < -0.4 is 0 Å². The van der Waals surface area contributed by atoms with Crippen LogP contribution in [-0.2, 0) is 21.4 Å². The van der Waals surface area contributed by atoms with Crippen LogP contribution in [0.2, 0.25) is 0 Å².